The Balaban J connectivity index is 1.50. The van der Waals surface area contributed by atoms with E-state index < -0.39 is 29.6 Å². The maximum absolute atomic E-state index is 14.5. The third-order valence-corrected chi connectivity index (χ3v) is 10.00. The van der Waals surface area contributed by atoms with Gasteiger partial charge in [-0.1, -0.05) is 77.7 Å². The van der Waals surface area contributed by atoms with Crippen molar-refractivity contribution in [3.63, 3.8) is 0 Å². The Kier molecular flexibility index (Phi) is 8.83. The minimum Gasteiger partial charge on any atom is -0.395 e. The van der Waals surface area contributed by atoms with Crippen LogP contribution in [-0.2, 0) is 25.7 Å². The van der Waals surface area contributed by atoms with Crippen LogP contribution in [0.1, 0.15) is 44.1 Å². The van der Waals surface area contributed by atoms with Gasteiger partial charge in [-0.15, -0.1) is 13.2 Å². The average molecular weight is 615 g/mol. The summed E-state index contributed by atoms with van der Waals surface area (Å²) in [6, 6.07) is 8.90. The van der Waals surface area contributed by atoms with E-state index in [4.69, 9.17) is 4.74 Å². The number of hydrogen-bond donors (Lipinski definition) is 1. The molecule has 6 atom stereocenters. The molecule has 1 aliphatic carbocycles. The van der Waals surface area contributed by atoms with Crippen molar-refractivity contribution in [3.8, 4) is 0 Å². The number of rotatable bonds is 11. The Hall–Kier alpha value is -2.49. The number of β-amino-alcohol motifs (C(OH)–C–C–N with tert-alkyl or cyclic N) is 1. The molecule has 5 rings (SSSR count). The zero-order valence-electron chi connectivity index (χ0n) is 23.0. The van der Waals surface area contributed by atoms with E-state index in [1.807, 2.05) is 35.2 Å². The number of aliphatic hydroxyl groups is 1. The highest BCUT2D eigenvalue weighted by atomic mass is 79.9. The van der Waals surface area contributed by atoms with Gasteiger partial charge in [0.15, 0.2) is 0 Å². The van der Waals surface area contributed by atoms with E-state index in [1.165, 1.54) is 4.90 Å². The van der Waals surface area contributed by atoms with Crippen LogP contribution in [0.3, 0.4) is 0 Å². The van der Waals surface area contributed by atoms with Crippen LogP contribution in [-0.4, -0.2) is 92.4 Å². The number of ether oxygens (including phenoxy) is 1. The number of fused-ring (bicyclic) bond motifs is 1. The third kappa shape index (κ3) is 4.94. The normalized spacial score (nSPS) is 31.2. The summed E-state index contributed by atoms with van der Waals surface area (Å²) < 4.78 is 6.67. The topological polar surface area (TPSA) is 90.4 Å². The summed E-state index contributed by atoms with van der Waals surface area (Å²) in [5, 5.41) is 9.94. The van der Waals surface area contributed by atoms with Gasteiger partial charge in [-0.05, 0) is 24.8 Å². The van der Waals surface area contributed by atoms with Gasteiger partial charge in [0.2, 0.25) is 17.7 Å². The van der Waals surface area contributed by atoms with E-state index in [1.54, 1.807) is 17.1 Å². The average Bonchev–Trinajstić information content (AvgIpc) is 3.55. The number of hydrogen-bond acceptors (Lipinski definition) is 5. The molecule has 0 radical (unpaired) electrons. The molecule has 4 aliphatic rings. The second kappa shape index (κ2) is 12.2. The van der Waals surface area contributed by atoms with Crippen molar-refractivity contribution in [2.75, 3.05) is 26.2 Å². The molecule has 40 heavy (non-hydrogen) atoms. The van der Waals surface area contributed by atoms with Crippen LogP contribution < -0.4 is 0 Å². The number of benzene rings is 1. The van der Waals surface area contributed by atoms with Gasteiger partial charge < -0.3 is 24.5 Å². The molecule has 3 saturated heterocycles. The predicted octanol–water partition coefficient (Wildman–Crippen LogP) is 3.29. The molecule has 4 fully saturated rings. The van der Waals surface area contributed by atoms with Gasteiger partial charge in [0.25, 0.3) is 0 Å². The quantitative estimate of drug-likeness (QED) is 0.305. The molecule has 3 aliphatic heterocycles. The molecule has 1 saturated carbocycles. The third-order valence-electron chi connectivity index (χ3n) is 9.15. The van der Waals surface area contributed by atoms with E-state index in [2.05, 4.69) is 29.1 Å². The fraction of sp³-hybridized carbons (Fsp3) is 0.581. The lowest BCUT2D eigenvalue weighted by Gasteiger charge is -2.41. The molecule has 1 aromatic rings. The lowest BCUT2D eigenvalue weighted by molar-refractivity contribution is -0.151. The molecule has 0 aromatic heterocycles. The highest BCUT2D eigenvalue weighted by Crippen LogP contribution is 2.60. The first-order chi connectivity index (χ1) is 19.4. The van der Waals surface area contributed by atoms with Crippen LogP contribution >= 0.6 is 15.9 Å². The van der Waals surface area contributed by atoms with Crippen LogP contribution in [0.4, 0.5) is 0 Å². The standard InChI is InChI=1S/C31H40BrN3O5/c1-3-15-33(20-21-11-7-5-8-12-21)28(37)24-25-29(38)35(17-18-36)27(31(25)19-23(32)26(24)40-31)30(39)34(16-4-2)22-13-9-6-10-14-22/h3-5,7-8,11-12,22-27,36H,1-2,6,9-10,13-20H2/t23?,24-,25-,26-,27?,31?/m0/s1. The van der Waals surface area contributed by atoms with Gasteiger partial charge in [-0.2, -0.15) is 0 Å². The smallest absolute Gasteiger partial charge is 0.248 e. The van der Waals surface area contributed by atoms with E-state index in [0.717, 1.165) is 37.7 Å². The van der Waals surface area contributed by atoms with Gasteiger partial charge in [-0.25, -0.2) is 0 Å². The summed E-state index contributed by atoms with van der Waals surface area (Å²) in [5.74, 6) is -2.16. The summed E-state index contributed by atoms with van der Waals surface area (Å²) in [6.07, 6.45) is 8.44. The van der Waals surface area contributed by atoms with Crippen molar-refractivity contribution in [3.05, 3.63) is 61.2 Å². The van der Waals surface area contributed by atoms with Gasteiger partial charge in [0, 0.05) is 37.0 Å². The number of carbonyl (C=O) groups is 3. The summed E-state index contributed by atoms with van der Waals surface area (Å²) in [7, 11) is 0. The Morgan fingerprint density at radius 2 is 1.80 bits per heavy atom. The molecule has 2 bridgehead atoms. The first kappa shape index (κ1) is 29.0. The minimum absolute atomic E-state index is 0.0162. The first-order valence-electron chi connectivity index (χ1n) is 14.5. The zero-order valence-corrected chi connectivity index (χ0v) is 24.6. The van der Waals surface area contributed by atoms with Crippen molar-refractivity contribution < 1.29 is 24.2 Å². The molecule has 3 heterocycles. The van der Waals surface area contributed by atoms with Crippen molar-refractivity contribution in [1.82, 2.24) is 14.7 Å². The lowest BCUT2D eigenvalue weighted by Crippen LogP contribution is -2.59. The van der Waals surface area contributed by atoms with Crippen molar-refractivity contribution in [1.29, 1.82) is 0 Å². The van der Waals surface area contributed by atoms with E-state index >= 15 is 0 Å². The van der Waals surface area contributed by atoms with Crippen molar-refractivity contribution >= 4 is 33.7 Å². The number of aliphatic hydroxyl groups excluding tert-OH is 1. The Morgan fingerprint density at radius 1 is 1.10 bits per heavy atom. The maximum Gasteiger partial charge on any atom is 0.248 e. The summed E-state index contributed by atoms with van der Waals surface area (Å²) in [6.45, 7) is 8.58. The Labute approximate surface area is 245 Å². The van der Waals surface area contributed by atoms with Crippen LogP contribution in [0.2, 0.25) is 0 Å². The Bertz CT molecular complexity index is 1130. The Morgan fingerprint density at radius 3 is 2.45 bits per heavy atom. The zero-order chi connectivity index (χ0) is 28.4. The summed E-state index contributed by atoms with van der Waals surface area (Å²) >= 11 is 3.75. The fourth-order valence-electron chi connectivity index (χ4n) is 7.55. The number of nitrogens with zero attached hydrogens (tertiary/aromatic N) is 3. The monoisotopic (exact) mass is 613 g/mol. The van der Waals surface area contributed by atoms with Crippen molar-refractivity contribution in [2.24, 2.45) is 11.8 Å². The van der Waals surface area contributed by atoms with Crippen LogP contribution in [0.5, 0.6) is 0 Å². The lowest BCUT2D eigenvalue weighted by atomic mass is 9.70. The molecule has 8 nitrogen and oxygen atoms in total. The van der Waals surface area contributed by atoms with Gasteiger partial charge in [-0.3, -0.25) is 14.4 Å². The second-order valence-electron chi connectivity index (χ2n) is 11.5. The van der Waals surface area contributed by atoms with Gasteiger partial charge >= 0.3 is 0 Å². The number of carbonyl (C=O) groups excluding carboxylic acids is 3. The van der Waals surface area contributed by atoms with Crippen LogP contribution in [0.25, 0.3) is 0 Å². The molecule has 3 amide bonds. The highest BCUT2D eigenvalue weighted by Gasteiger charge is 2.77. The molecule has 9 heteroatoms. The minimum atomic E-state index is -1.14. The maximum atomic E-state index is 14.5. The second-order valence-corrected chi connectivity index (χ2v) is 12.7. The highest BCUT2D eigenvalue weighted by molar-refractivity contribution is 9.09. The predicted molar refractivity (Wildman–Crippen MR) is 155 cm³/mol. The number of amides is 3. The van der Waals surface area contributed by atoms with Crippen LogP contribution in [0, 0.1) is 11.8 Å². The molecular weight excluding hydrogens is 574 g/mol. The molecule has 1 aromatic carbocycles. The van der Waals surface area contributed by atoms with E-state index in [-0.39, 0.29) is 41.7 Å². The largest absolute Gasteiger partial charge is 0.395 e. The van der Waals surface area contributed by atoms with E-state index in [0.29, 0.717) is 26.1 Å². The number of halogens is 1. The fourth-order valence-corrected chi connectivity index (χ4v) is 8.49. The molecule has 1 spiro atoms. The summed E-state index contributed by atoms with van der Waals surface area (Å²) in [5.41, 5.74) is -0.157. The van der Waals surface area contributed by atoms with Crippen LogP contribution in [0.15, 0.2) is 55.6 Å². The van der Waals surface area contributed by atoms with Gasteiger partial charge in [0.1, 0.15) is 11.6 Å². The number of likely N-dealkylation sites (tertiary alicyclic amines) is 1. The van der Waals surface area contributed by atoms with Gasteiger partial charge in [0.05, 0.1) is 24.5 Å². The number of alkyl halides is 1. The van der Waals surface area contributed by atoms with Crippen molar-refractivity contribution in [2.45, 2.75) is 73.7 Å². The first-order valence-corrected chi connectivity index (χ1v) is 15.4. The molecular formula is C31H40BrN3O5. The molecule has 3 unspecified atom stereocenters. The summed E-state index contributed by atoms with van der Waals surface area (Å²) in [4.78, 5) is 47.7. The molecule has 1 N–H and O–H groups in total. The molecule has 216 valence electrons. The SMILES string of the molecule is C=CCN(Cc1ccccc1)C(=O)[C@H]1[C@H]2C(=O)N(CCO)C(C(=O)N(CC=C)C3CCCCC3)C23CC(Br)[C@@H]1O3. The van der Waals surface area contributed by atoms with E-state index in [9.17, 15) is 19.5 Å².